The Morgan fingerprint density at radius 2 is 2.13 bits per heavy atom. The molecule has 0 saturated carbocycles. The molecule has 1 N–H and O–H groups in total. The molecule has 1 aromatic heterocycles. The first-order chi connectivity index (χ1) is 14.5. The Kier molecular flexibility index (Phi) is 7.75. The minimum atomic E-state index is -0.576. The molecule has 1 aromatic carbocycles. The zero-order valence-electron chi connectivity index (χ0n) is 17.0. The Bertz CT molecular complexity index is 892. The maximum Gasteiger partial charge on any atom is 0.413 e. The lowest BCUT2D eigenvalue weighted by Gasteiger charge is -2.26. The van der Waals surface area contributed by atoms with Crippen LogP contribution in [0.3, 0.4) is 0 Å². The second kappa shape index (κ2) is 10.5. The van der Waals surface area contributed by atoms with Crippen LogP contribution in [0.1, 0.15) is 31.4 Å². The first-order valence-corrected chi connectivity index (χ1v) is 11.3. The number of likely N-dealkylation sites (tertiary alicyclic amines) is 1. The first-order valence-electron chi connectivity index (χ1n) is 9.47. The molecular weight excluding hydrogens is 428 g/mol. The zero-order chi connectivity index (χ0) is 21.5. The summed E-state index contributed by atoms with van der Waals surface area (Å²) in [7, 11) is 3.24. The predicted molar refractivity (Wildman–Crippen MR) is 115 cm³/mol. The molecule has 1 atom stereocenters. The molecule has 0 spiro atoms. The number of nitrogens with one attached hydrogen (secondary N) is 1. The molecule has 1 fully saturated rings. The highest BCUT2D eigenvalue weighted by molar-refractivity contribution is 8.01. The van der Waals surface area contributed by atoms with E-state index >= 15 is 0 Å². The predicted octanol–water partition coefficient (Wildman–Crippen LogP) is 3.58. The SMILES string of the molecule is CCOC(=O)Nc1nnc(SCC(=O)N2CCCC2c2cc(OC)ccc2OC)s1. The first kappa shape index (κ1) is 22.2. The molecule has 162 valence electrons. The number of hydrogen-bond donors (Lipinski definition) is 1. The number of thioether (sulfide) groups is 1. The lowest BCUT2D eigenvalue weighted by atomic mass is 10.0. The molecule has 2 heterocycles. The fourth-order valence-electron chi connectivity index (χ4n) is 3.27. The van der Waals surface area contributed by atoms with E-state index in [1.165, 1.54) is 23.1 Å². The summed E-state index contributed by atoms with van der Waals surface area (Å²) in [6.45, 7) is 2.69. The summed E-state index contributed by atoms with van der Waals surface area (Å²) < 4.78 is 16.3. The van der Waals surface area contributed by atoms with Gasteiger partial charge in [0, 0.05) is 12.1 Å². The molecule has 2 amide bonds. The van der Waals surface area contributed by atoms with Gasteiger partial charge in [0.05, 0.1) is 32.6 Å². The summed E-state index contributed by atoms with van der Waals surface area (Å²) >= 11 is 2.50. The van der Waals surface area contributed by atoms with E-state index in [-0.39, 0.29) is 24.3 Å². The van der Waals surface area contributed by atoms with E-state index in [9.17, 15) is 9.59 Å². The molecule has 11 heteroatoms. The number of methoxy groups -OCH3 is 2. The molecule has 1 aliphatic rings. The molecule has 0 radical (unpaired) electrons. The Morgan fingerprint density at radius 1 is 1.30 bits per heavy atom. The molecule has 9 nitrogen and oxygen atoms in total. The summed E-state index contributed by atoms with van der Waals surface area (Å²) in [6.07, 6.45) is 1.22. The molecule has 0 aliphatic carbocycles. The Balaban J connectivity index is 1.63. The third-order valence-corrected chi connectivity index (χ3v) is 6.54. The van der Waals surface area contributed by atoms with Gasteiger partial charge in [0.15, 0.2) is 4.34 Å². The van der Waals surface area contributed by atoms with Gasteiger partial charge in [-0.15, -0.1) is 10.2 Å². The van der Waals surface area contributed by atoms with Crippen LogP contribution in [-0.4, -0.2) is 60.2 Å². The van der Waals surface area contributed by atoms with Gasteiger partial charge in [-0.25, -0.2) is 4.79 Å². The highest BCUT2D eigenvalue weighted by atomic mass is 32.2. The van der Waals surface area contributed by atoms with Crippen molar-refractivity contribution in [2.24, 2.45) is 0 Å². The zero-order valence-corrected chi connectivity index (χ0v) is 18.7. The number of hydrogen-bond acceptors (Lipinski definition) is 9. The van der Waals surface area contributed by atoms with Crippen LogP contribution in [0.5, 0.6) is 11.5 Å². The normalized spacial score (nSPS) is 15.7. The van der Waals surface area contributed by atoms with Crippen molar-refractivity contribution in [2.75, 3.05) is 38.4 Å². The second-order valence-corrected chi connectivity index (χ2v) is 8.56. The van der Waals surface area contributed by atoms with E-state index in [2.05, 4.69) is 15.5 Å². The van der Waals surface area contributed by atoms with Crippen molar-refractivity contribution in [3.05, 3.63) is 23.8 Å². The van der Waals surface area contributed by atoms with Gasteiger partial charge in [-0.1, -0.05) is 23.1 Å². The average molecular weight is 453 g/mol. The highest BCUT2D eigenvalue weighted by Crippen LogP contribution is 2.39. The topological polar surface area (TPSA) is 103 Å². The highest BCUT2D eigenvalue weighted by Gasteiger charge is 2.32. The number of carbonyl (C=O) groups excluding carboxylic acids is 2. The molecule has 0 bridgehead atoms. The van der Waals surface area contributed by atoms with Crippen molar-refractivity contribution >= 4 is 40.2 Å². The van der Waals surface area contributed by atoms with E-state index in [0.717, 1.165) is 29.9 Å². The maximum absolute atomic E-state index is 12.9. The molecule has 1 saturated heterocycles. The number of aromatic nitrogens is 2. The summed E-state index contributed by atoms with van der Waals surface area (Å²) in [5, 5.41) is 10.8. The van der Waals surface area contributed by atoms with Gasteiger partial charge in [0.2, 0.25) is 11.0 Å². The molecule has 2 aromatic rings. The second-order valence-electron chi connectivity index (χ2n) is 6.36. The standard InChI is InChI=1S/C19H24N4O5S2/c1-4-28-18(25)20-17-21-22-19(30-17)29-11-16(24)23-9-5-6-14(23)13-10-12(26-2)7-8-15(13)27-3/h7-8,10,14H,4-6,9,11H2,1-3H3,(H,20,21,25). The Hall–Kier alpha value is -2.53. The van der Waals surface area contributed by atoms with Crippen molar-refractivity contribution in [1.82, 2.24) is 15.1 Å². The Labute approximate surface area is 183 Å². The summed E-state index contributed by atoms with van der Waals surface area (Å²) in [6, 6.07) is 5.58. The minimum absolute atomic E-state index is 0.0162. The van der Waals surface area contributed by atoms with E-state index in [4.69, 9.17) is 14.2 Å². The van der Waals surface area contributed by atoms with Gasteiger partial charge in [-0.3, -0.25) is 10.1 Å². The monoisotopic (exact) mass is 452 g/mol. The summed E-state index contributed by atoms with van der Waals surface area (Å²) in [5.74, 6) is 1.72. The van der Waals surface area contributed by atoms with Gasteiger partial charge in [0.1, 0.15) is 11.5 Å². The molecule has 1 aliphatic heterocycles. The number of ether oxygens (including phenoxy) is 3. The average Bonchev–Trinajstić information content (AvgIpc) is 3.41. The third kappa shape index (κ3) is 5.33. The lowest BCUT2D eigenvalue weighted by Crippen LogP contribution is -2.32. The number of carbonyl (C=O) groups is 2. The quantitative estimate of drug-likeness (QED) is 0.479. The smallest absolute Gasteiger partial charge is 0.413 e. The van der Waals surface area contributed by atoms with Crippen LogP contribution in [0.4, 0.5) is 9.93 Å². The molecule has 3 rings (SSSR count). The van der Waals surface area contributed by atoms with Gasteiger partial charge < -0.3 is 19.1 Å². The molecule has 1 unspecified atom stereocenters. The van der Waals surface area contributed by atoms with Crippen LogP contribution < -0.4 is 14.8 Å². The van der Waals surface area contributed by atoms with Crippen LogP contribution >= 0.6 is 23.1 Å². The molecular formula is C19H24N4O5S2. The molecule has 30 heavy (non-hydrogen) atoms. The van der Waals surface area contributed by atoms with Crippen LogP contribution in [-0.2, 0) is 9.53 Å². The van der Waals surface area contributed by atoms with Crippen LogP contribution in [0.25, 0.3) is 0 Å². The maximum atomic E-state index is 12.9. The number of benzene rings is 1. The van der Waals surface area contributed by atoms with Gasteiger partial charge in [-0.05, 0) is 38.0 Å². The van der Waals surface area contributed by atoms with Crippen LogP contribution in [0, 0.1) is 0 Å². The van der Waals surface area contributed by atoms with Crippen molar-refractivity contribution in [1.29, 1.82) is 0 Å². The van der Waals surface area contributed by atoms with Gasteiger partial charge in [-0.2, -0.15) is 0 Å². The van der Waals surface area contributed by atoms with Crippen LogP contribution in [0.2, 0.25) is 0 Å². The summed E-state index contributed by atoms with van der Waals surface area (Å²) in [4.78, 5) is 26.3. The minimum Gasteiger partial charge on any atom is -0.497 e. The summed E-state index contributed by atoms with van der Waals surface area (Å²) in [5.41, 5.74) is 0.949. The van der Waals surface area contributed by atoms with E-state index in [1.54, 1.807) is 21.1 Å². The van der Waals surface area contributed by atoms with E-state index < -0.39 is 6.09 Å². The third-order valence-electron chi connectivity index (χ3n) is 4.58. The lowest BCUT2D eigenvalue weighted by molar-refractivity contribution is -0.129. The number of nitrogens with zero attached hydrogens (tertiary/aromatic N) is 3. The fraction of sp³-hybridized carbons (Fsp3) is 0.474. The van der Waals surface area contributed by atoms with Crippen molar-refractivity contribution < 1.29 is 23.8 Å². The fourth-order valence-corrected chi connectivity index (χ4v) is 4.89. The van der Waals surface area contributed by atoms with E-state index in [1.807, 2.05) is 23.1 Å². The van der Waals surface area contributed by atoms with Gasteiger partial charge in [0.25, 0.3) is 0 Å². The van der Waals surface area contributed by atoms with Crippen molar-refractivity contribution in [3.63, 3.8) is 0 Å². The van der Waals surface area contributed by atoms with E-state index in [0.29, 0.717) is 16.0 Å². The van der Waals surface area contributed by atoms with Crippen molar-refractivity contribution in [3.8, 4) is 11.5 Å². The van der Waals surface area contributed by atoms with Crippen LogP contribution in [0.15, 0.2) is 22.5 Å². The largest absolute Gasteiger partial charge is 0.497 e. The van der Waals surface area contributed by atoms with Crippen molar-refractivity contribution in [2.45, 2.75) is 30.1 Å². The number of anilines is 1. The number of amides is 2. The number of rotatable bonds is 8. The Morgan fingerprint density at radius 3 is 2.87 bits per heavy atom. The van der Waals surface area contributed by atoms with Gasteiger partial charge >= 0.3 is 6.09 Å².